The van der Waals surface area contributed by atoms with E-state index in [0.717, 1.165) is 11.2 Å². The molecule has 0 radical (unpaired) electrons. The zero-order valence-electron chi connectivity index (χ0n) is 41.8. The summed E-state index contributed by atoms with van der Waals surface area (Å²) in [5, 5.41) is 5.58. The van der Waals surface area contributed by atoms with Crippen LogP contribution in [0.25, 0.3) is 170 Å². The van der Waals surface area contributed by atoms with Crippen molar-refractivity contribution in [3.05, 3.63) is 128 Å². The van der Waals surface area contributed by atoms with Gasteiger partial charge in [0.25, 0.3) is 0 Å². The molecule has 4 aromatic carbocycles. The van der Waals surface area contributed by atoms with Gasteiger partial charge in [-0.15, -0.1) is 147 Å². The Balaban J connectivity index is 0.000000118. The fourth-order valence-corrected chi connectivity index (χ4v) is 29.2. The molecule has 0 aliphatic rings. The van der Waals surface area contributed by atoms with Gasteiger partial charge in [-0.05, 0) is 114 Å². The van der Waals surface area contributed by atoms with E-state index in [1.54, 1.807) is 0 Å². The van der Waals surface area contributed by atoms with Gasteiger partial charge in [0.1, 0.15) is 5.58 Å². The monoisotopic (exact) mass is 1240 g/mol. The van der Waals surface area contributed by atoms with E-state index in [1.165, 1.54) is 189 Å². The maximum absolute atomic E-state index is 6.37. The molecule has 0 atom stereocenters. The predicted octanol–water partition coefficient (Wildman–Crippen LogP) is 25.6. The van der Waals surface area contributed by atoms with Crippen LogP contribution in [0.15, 0.2) is 101 Å². The van der Waals surface area contributed by atoms with Gasteiger partial charge in [-0.25, -0.2) is 0 Å². The highest BCUT2D eigenvalue weighted by molar-refractivity contribution is 7.46. The number of benzene rings is 4. The van der Waals surface area contributed by atoms with E-state index in [9.17, 15) is 0 Å². The first-order chi connectivity index (χ1) is 38.0. The molecule has 16 heterocycles. The van der Waals surface area contributed by atoms with E-state index in [2.05, 4.69) is 148 Å². The van der Waals surface area contributed by atoms with Gasteiger partial charge < -0.3 is 13.6 Å². The third-order valence-electron chi connectivity index (χ3n) is 15.4. The van der Waals surface area contributed by atoms with Gasteiger partial charge in [0.05, 0.1) is 97.3 Å². The molecule has 0 unspecified atom stereocenters. The number of furan rings is 1. The normalized spacial score (nSPS) is 13.0. The van der Waals surface area contributed by atoms with E-state index in [4.69, 9.17) is 4.42 Å². The molecular formula is C62H34N2OS13. The molecule has 20 rings (SSSR count). The van der Waals surface area contributed by atoms with Crippen molar-refractivity contribution < 1.29 is 4.42 Å². The molecule has 0 spiro atoms. The summed E-state index contributed by atoms with van der Waals surface area (Å²) in [5.41, 5.74) is 12.7. The van der Waals surface area contributed by atoms with Crippen LogP contribution in [0.3, 0.4) is 0 Å². The number of rotatable bonds is 2. The zero-order valence-corrected chi connectivity index (χ0v) is 52.5. The molecule has 0 aliphatic carbocycles. The van der Waals surface area contributed by atoms with Crippen LogP contribution in [0.2, 0.25) is 0 Å². The lowest BCUT2D eigenvalue weighted by Gasteiger charge is -2.08. The van der Waals surface area contributed by atoms with Crippen LogP contribution in [0.1, 0.15) is 30.6 Å². The topological polar surface area (TPSA) is 23.0 Å². The SMILES string of the molecule is Cc1ccc(-n2c3c4cc5sc6c(sc7c8sc(C)cc8sc76)c5cc4sc3c3sc4cc(C)sc4c32)cc1.Cc1ccc(-n2c3cc(C)sc3c3sc4c5cc6sc7c8oc9cc(C)sc9c8sc7c6cc5sc4c32)cc1. The summed E-state index contributed by atoms with van der Waals surface area (Å²) >= 11 is 25.3. The maximum atomic E-state index is 6.37. The third-order valence-corrected chi connectivity index (χ3v) is 31.7. The number of hydrogen-bond donors (Lipinski definition) is 0. The van der Waals surface area contributed by atoms with E-state index in [0.29, 0.717) is 0 Å². The van der Waals surface area contributed by atoms with Crippen LogP contribution >= 0.6 is 147 Å². The van der Waals surface area contributed by atoms with E-state index in [1.807, 2.05) is 147 Å². The Labute approximate surface area is 494 Å². The Bertz CT molecular complexity index is 6000. The number of hydrogen-bond acceptors (Lipinski definition) is 14. The van der Waals surface area contributed by atoms with E-state index >= 15 is 0 Å². The van der Waals surface area contributed by atoms with Crippen molar-refractivity contribution >= 4 is 306 Å². The Hall–Kier alpha value is -5.02. The van der Waals surface area contributed by atoms with Gasteiger partial charge >= 0.3 is 0 Å². The van der Waals surface area contributed by atoms with Crippen molar-refractivity contribution in [1.29, 1.82) is 0 Å². The van der Waals surface area contributed by atoms with Crippen LogP contribution < -0.4 is 0 Å². The maximum Gasteiger partial charge on any atom is 0.164 e. The van der Waals surface area contributed by atoms with Gasteiger partial charge in [-0.3, -0.25) is 0 Å². The molecule has 16 aromatic heterocycles. The summed E-state index contributed by atoms with van der Waals surface area (Å²) < 4.78 is 42.6. The van der Waals surface area contributed by atoms with Gasteiger partial charge in [0.15, 0.2) is 5.58 Å². The van der Waals surface area contributed by atoms with Crippen molar-refractivity contribution in [1.82, 2.24) is 9.13 Å². The van der Waals surface area contributed by atoms with Crippen molar-refractivity contribution in [2.45, 2.75) is 41.5 Å². The van der Waals surface area contributed by atoms with Gasteiger partial charge in [-0.2, -0.15) is 0 Å². The van der Waals surface area contributed by atoms with Crippen LogP contribution in [-0.2, 0) is 0 Å². The van der Waals surface area contributed by atoms with Crippen LogP contribution in [0.5, 0.6) is 0 Å². The van der Waals surface area contributed by atoms with Crippen LogP contribution in [0, 0.1) is 41.5 Å². The average Bonchev–Trinajstić information content (AvgIpc) is 3.97. The van der Waals surface area contributed by atoms with Crippen LogP contribution in [-0.4, -0.2) is 9.13 Å². The quantitative estimate of drug-likeness (QED) is 0.169. The second-order valence-electron chi connectivity index (χ2n) is 20.6. The first-order valence-electron chi connectivity index (χ1n) is 25.3. The molecular weight excluding hydrogens is 1210 g/mol. The highest BCUT2D eigenvalue weighted by Gasteiger charge is 2.28. The molecule has 0 aliphatic heterocycles. The molecule has 0 bridgehead atoms. The van der Waals surface area contributed by atoms with Crippen molar-refractivity contribution in [2.24, 2.45) is 0 Å². The molecule has 0 N–H and O–H groups in total. The minimum atomic E-state index is 1.04. The number of fused-ring (bicyclic) bond motifs is 28. The minimum Gasteiger partial charge on any atom is -0.453 e. The van der Waals surface area contributed by atoms with E-state index < -0.39 is 0 Å². The Kier molecular flexibility index (Phi) is 9.32. The fourth-order valence-electron chi connectivity index (χ4n) is 12.0. The number of nitrogens with zero attached hydrogens (tertiary/aromatic N) is 2. The third kappa shape index (κ3) is 6.09. The molecule has 0 amide bonds. The summed E-state index contributed by atoms with van der Waals surface area (Å²) in [6.07, 6.45) is 0. The largest absolute Gasteiger partial charge is 0.453 e. The van der Waals surface area contributed by atoms with Gasteiger partial charge in [0.2, 0.25) is 0 Å². The van der Waals surface area contributed by atoms with Crippen molar-refractivity contribution in [3.8, 4) is 11.4 Å². The fraction of sp³-hybridized carbons (Fsp3) is 0.0968. The second kappa shape index (κ2) is 15.9. The van der Waals surface area contributed by atoms with Crippen molar-refractivity contribution in [2.75, 3.05) is 0 Å². The summed E-state index contributed by atoms with van der Waals surface area (Å²) in [6.45, 7) is 13.2. The number of aromatic nitrogens is 2. The lowest BCUT2D eigenvalue weighted by molar-refractivity contribution is 0.674. The molecule has 78 heavy (non-hydrogen) atoms. The lowest BCUT2D eigenvalue weighted by atomic mass is 10.2. The average molecular weight is 1240 g/mol. The summed E-state index contributed by atoms with van der Waals surface area (Å²) in [6, 6.07) is 37.2. The highest BCUT2D eigenvalue weighted by atomic mass is 32.2. The molecule has 376 valence electrons. The first kappa shape index (κ1) is 45.7. The molecule has 0 saturated heterocycles. The first-order valence-corrected chi connectivity index (χ1v) is 35.9. The molecule has 16 heteroatoms. The molecule has 3 nitrogen and oxygen atoms in total. The minimum absolute atomic E-state index is 1.04. The summed E-state index contributed by atoms with van der Waals surface area (Å²) in [4.78, 5) is 5.47. The van der Waals surface area contributed by atoms with Gasteiger partial charge in [-0.1, -0.05) is 35.4 Å². The molecule has 0 saturated carbocycles. The Morgan fingerprint density at radius 1 is 0.282 bits per heavy atom. The second-order valence-corrected chi connectivity index (χ2v) is 35.0. The van der Waals surface area contributed by atoms with Gasteiger partial charge in [0, 0.05) is 80.6 Å². The summed E-state index contributed by atoms with van der Waals surface area (Å²) in [5.74, 6) is 0. The number of thiophene rings is 13. The Morgan fingerprint density at radius 2 is 0.692 bits per heavy atom. The smallest absolute Gasteiger partial charge is 0.164 e. The van der Waals surface area contributed by atoms with Crippen LogP contribution in [0.4, 0.5) is 0 Å². The highest BCUT2D eigenvalue weighted by Crippen LogP contribution is 2.57. The standard InChI is InChI=1S/C31H17NOS6.C31H17NS7/c1-12-4-6-15(7-5-12)32-18-8-13(2)34-26(18)29-22(32)28-24(38-29)16-10-21-17(11-20(16)36-28)25-30(37-21)23-31(39-25)27-19(33-23)9-14(3)35-27;1-12-4-6-15(7-5-12)32-22-16-10-19-17(24-29(36-19)31-30(39-24)26-21(38-31)9-14(3)34-26)11-18(16)35-27(22)28-23(32)25-20(37-28)8-13(2)33-25/h2*4-11H,1-3H3. The number of aryl methyl sites for hydroxylation is 6. The molecule has 20 aromatic rings. The summed E-state index contributed by atoms with van der Waals surface area (Å²) in [7, 11) is 0. The van der Waals surface area contributed by atoms with E-state index in [-0.39, 0.29) is 0 Å². The predicted molar refractivity (Wildman–Crippen MR) is 365 cm³/mol. The lowest BCUT2D eigenvalue weighted by Crippen LogP contribution is -1.93. The Morgan fingerprint density at radius 3 is 1.41 bits per heavy atom. The zero-order chi connectivity index (χ0) is 51.5. The van der Waals surface area contributed by atoms with Crippen molar-refractivity contribution in [3.63, 3.8) is 0 Å². The molecule has 0 fully saturated rings.